The topological polar surface area (TPSA) is 24.5 Å². The summed E-state index contributed by atoms with van der Waals surface area (Å²) in [4.78, 5) is 2.72. The van der Waals surface area contributed by atoms with Crippen molar-refractivity contribution in [3.8, 4) is 0 Å². The third kappa shape index (κ3) is 4.44. The second kappa shape index (κ2) is 7.61. The SMILES string of the molecule is CCNCC1(CN2CCCC(COC)C2)CCCC1. The van der Waals surface area contributed by atoms with Crippen LogP contribution in [0.15, 0.2) is 0 Å². The monoisotopic (exact) mass is 268 g/mol. The van der Waals surface area contributed by atoms with Gasteiger partial charge in [0.15, 0.2) is 0 Å². The van der Waals surface area contributed by atoms with Crippen molar-refractivity contribution in [1.29, 1.82) is 0 Å². The van der Waals surface area contributed by atoms with E-state index in [2.05, 4.69) is 17.1 Å². The smallest absolute Gasteiger partial charge is 0.0502 e. The van der Waals surface area contributed by atoms with E-state index in [0.717, 1.165) is 19.1 Å². The van der Waals surface area contributed by atoms with Gasteiger partial charge >= 0.3 is 0 Å². The largest absolute Gasteiger partial charge is 0.384 e. The van der Waals surface area contributed by atoms with Crippen molar-refractivity contribution in [2.75, 3.05) is 46.4 Å². The van der Waals surface area contributed by atoms with Crippen molar-refractivity contribution < 1.29 is 4.74 Å². The molecular weight excluding hydrogens is 236 g/mol. The molecule has 1 saturated heterocycles. The summed E-state index contributed by atoms with van der Waals surface area (Å²) in [6.45, 7) is 9.34. The third-order valence-corrected chi connectivity index (χ3v) is 4.98. The lowest BCUT2D eigenvalue weighted by molar-refractivity contribution is 0.0633. The molecule has 1 unspecified atom stereocenters. The molecule has 1 aliphatic heterocycles. The molecule has 0 amide bonds. The first kappa shape index (κ1) is 15.3. The van der Waals surface area contributed by atoms with E-state index >= 15 is 0 Å². The van der Waals surface area contributed by atoms with Crippen molar-refractivity contribution in [2.45, 2.75) is 45.4 Å². The molecule has 3 nitrogen and oxygen atoms in total. The number of ether oxygens (including phenoxy) is 1. The highest BCUT2D eigenvalue weighted by atomic mass is 16.5. The summed E-state index contributed by atoms with van der Waals surface area (Å²) >= 11 is 0. The van der Waals surface area contributed by atoms with Crippen molar-refractivity contribution >= 4 is 0 Å². The van der Waals surface area contributed by atoms with Crippen LogP contribution in [0.5, 0.6) is 0 Å². The van der Waals surface area contributed by atoms with Crippen LogP contribution >= 0.6 is 0 Å². The van der Waals surface area contributed by atoms with E-state index in [1.165, 1.54) is 64.7 Å². The number of piperidine rings is 1. The van der Waals surface area contributed by atoms with Gasteiger partial charge in [-0.2, -0.15) is 0 Å². The number of likely N-dealkylation sites (tertiary alicyclic amines) is 1. The van der Waals surface area contributed by atoms with Gasteiger partial charge in [-0.15, -0.1) is 0 Å². The number of nitrogens with zero attached hydrogens (tertiary/aromatic N) is 1. The van der Waals surface area contributed by atoms with E-state index in [-0.39, 0.29) is 0 Å². The van der Waals surface area contributed by atoms with Crippen LogP contribution in [0.25, 0.3) is 0 Å². The van der Waals surface area contributed by atoms with Crippen LogP contribution < -0.4 is 5.32 Å². The van der Waals surface area contributed by atoms with Crippen LogP contribution in [0, 0.1) is 11.3 Å². The molecule has 1 heterocycles. The van der Waals surface area contributed by atoms with Gasteiger partial charge in [-0.25, -0.2) is 0 Å². The molecule has 1 atom stereocenters. The quantitative estimate of drug-likeness (QED) is 0.768. The minimum atomic E-state index is 0.560. The summed E-state index contributed by atoms with van der Waals surface area (Å²) in [7, 11) is 1.84. The average Bonchev–Trinajstić information content (AvgIpc) is 2.86. The minimum absolute atomic E-state index is 0.560. The van der Waals surface area contributed by atoms with Gasteiger partial charge in [0.2, 0.25) is 0 Å². The zero-order chi connectivity index (χ0) is 13.6. The maximum absolute atomic E-state index is 5.35. The predicted octanol–water partition coefficient (Wildman–Crippen LogP) is 2.51. The number of hydrogen-bond acceptors (Lipinski definition) is 3. The lowest BCUT2D eigenvalue weighted by Crippen LogP contribution is -2.46. The molecule has 3 heteroatoms. The summed E-state index contributed by atoms with van der Waals surface area (Å²) in [6, 6.07) is 0. The van der Waals surface area contributed by atoms with Gasteiger partial charge < -0.3 is 15.0 Å². The normalized spacial score (nSPS) is 27.8. The highest BCUT2D eigenvalue weighted by Gasteiger charge is 2.36. The van der Waals surface area contributed by atoms with Crippen LogP contribution in [-0.2, 0) is 4.74 Å². The van der Waals surface area contributed by atoms with E-state index in [1.54, 1.807) is 0 Å². The van der Waals surface area contributed by atoms with Gasteiger partial charge in [-0.05, 0) is 50.1 Å². The molecular formula is C16H32N2O. The third-order valence-electron chi connectivity index (χ3n) is 4.98. The number of nitrogens with one attached hydrogen (secondary N) is 1. The molecule has 2 fully saturated rings. The Morgan fingerprint density at radius 2 is 2.05 bits per heavy atom. The van der Waals surface area contributed by atoms with E-state index in [9.17, 15) is 0 Å². The maximum atomic E-state index is 5.35. The minimum Gasteiger partial charge on any atom is -0.384 e. The van der Waals surface area contributed by atoms with Crippen molar-refractivity contribution in [1.82, 2.24) is 10.2 Å². The van der Waals surface area contributed by atoms with Gasteiger partial charge in [-0.3, -0.25) is 0 Å². The van der Waals surface area contributed by atoms with E-state index in [1.807, 2.05) is 7.11 Å². The first-order chi connectivity index (χ1) is 9.28. The fourth-order valence-electron chi connectivity index (χ4n) is 4.05. The highest BCUT2D eigenvalue weighted by molar-refractivity contribution is 4.90. The second-order valence-electron chi connectivity index (χ2n) is 6.69. The van der Waals surface area contributed by atoms with Gasteiger partial charge in [0.25, 0.3) is 0 Å². The maximum Gasteiger partial charge on any atom is 0.0502 e. The molecule has 0 radical (unpaired) electrons. The van der Waals surface area contributed by atoms with E-state index in [4.69, 9.17) is 4.74 Å². The first-order valence-electron chi connectivity index (χ1n) is 8.20. The summed E-state index contributed by atoms with van der Waals surface area (Å²) in [6.07, 6.45) is 8.41. The zero-order valence-corrected chi connectivity index (χ0v) is 12.9. The summed E-state index contributed by atoms with van der Waals surface area (Å²) in [5.74, 6) is 0.760. The standard InChI is InChI=1S/C16H32N2O/c1-3-17-13-16(8-4-5-9-16)14-18-10-6-7-15(11-18)12-19-2/h15,17H,3-14H2,1-2H3. The average molecular weight is 268 g/mol. The fraction of sp³-hybridized carbons (Fsp3) is 1.00. The molecule has 2 aliphatic rings. The van der Waals surface area contributed by atoms with Crippen molar-refractivity contribution in [3.05, 3.63) is 0 Å². The van der Waals surface area contributed by atoms with Crippen LogP contribution in [0.2, 0.25) is 0 Å². The molecule has 1 aliphatic carbocycles. The molecule has 1 N–H and O–H groups in total. The lowest BCUT2D eigenvalue weighted by Gasteiger charge is -2.39. The molecule has 112 valence electrons. The summed E-state index contributed by atoms with van der Waals surface area (Å²) in [5.41, 5.74) is 0.560. The summed E-state index contributed by atoms with van der Waals surface area (Å²) < 4.78 is 5.35. The Morgan fingerprint density at radius 1 is 1.26 bits per heavy atom. The van der Waals surface area contributed by atoms with Crippen molar-refractivity contribution in [2.24, 2.45) is 11.3 Å². The Labute approximate surface area is 119 Å². The van der Waals surface area contributed by atoms with Crippen LogP contribution in [0.4, 0.5) is 0 Å². The van der Waals surface area contributed by atoms with Gasteiger partial charge in [0.05, 0.1) is 6.61 Å². The molecule has 19 heavy (non-hydrogen) atoms. The Bertz CT molecular complexity index is 249. The van der Waals surface area contributed by atoms with Crippen LogP contribution in [0.3, 0.4) is 0 Å². The van der Waals surface area contributed by atoms with Crippen LogP contribution in [0.1, 0.15) is 45.4 Å². The van der Waals surface area contributed by atoms with Gasteiger partial charge in [0, 0.05) is 26.7 Å². The van der Waals surface area contributed by atoms with Crippen LogP contribution in [-0.4, -0.2) is 51.3 Å². The molecule has 1 saturated carbocycles. The molecule has 0 aromatic carbocycles. The highest BCUT2D eigenvalue weighted by Crippen LogP contribution is 2.39. The molecule has 0 spiro atoms. The van der Waals surface area contributed by atoms with Gasteiger partial charge in [0.1, 0.15) is 0 Å². The Morgan fingerprint density at radius 3 is 2.74 bits per heavy atom. The van der Waals surface area contributed by atoms with Gasteiger partial charge in [-0.1, -0.05) is 19.8 Å². The van der Waals surface area contributed by atoms with Crippen molar-refractivity contribution in [3.63, 3.8) is 0 Å². The lowest BCUT2D eigenvalue weighted by atomic mass is 9.84. The second-order valence-corrected chi connectivity index (χ2v) is 6.69. The number of rotatable bonds is 7. The Hall–Kier alpha value is -0.120. The first-order valence-corrected chi connectivity index (χ1v) is 8.20. The predicted molar refractivity (Wildman–Crippen MR) is 80.5 cm³/mol. The number of methoxy groups -OCH3 is 1. The molecule has 0 aromatic rings. The Kier molecular flexibility index (Phi) is 6.11. The summed E-state index contributed by atoms with van der Waals surface area (Å²) in [5, 5.41) is 3.61. The van der Waals surface area contributed by atoms with E-state index < -0.39 is 0 Å². The molecule has 2 rings (SSSR count). The zero-order valence-electron chi connectivity index (χ0n) is 12.9. The van der Waals surface area contributed by atoms with E-state index in [0.29, 0.717) is 5.41 Å². The number of hydrogen-bond donors (Lipinski definition) is 1. The fourth-order valence-corrected chi connectivity index (χ4v) is 4.05. The molecule has 0 aromatic heterocycles. The Balaban J connectivity index is 1.85. The molecule has 0 bridgehead atoms.